The number of halogens is 1. The highest BCUT2D eigenvalue weighted by molar-refractivity contribution is 7.92. The van der Waals surface area contributed by atoms with Crippen molar-refractivity contribution in [3.05, 3.63) is 30.1 Å². The first-order valence-corrected chi connectivity index (χ1v) is 8.17. The van der Waals surface area contributed by atoms with Crippen LogP contribution in [0.5, 0.6) is 0 Å². The molecular formula is C12H14ClN3O3S. The Hall–Kier alpha value is -1.60. The molecule has 1 aromatic carbocycles. The van der Waals surface area contributed by atoms with Gasteiger partial charge < -0.3 is 4.52 Å². The summed E-state index contributed by atoms with van der Waals surface area (Å²) in [7, 11) is -3.44. The molecule has 0 fully saturated rings. The van der Waals surface area contributed by atoms with Crippen LogP contribution in [0.1, 0.15) is 12.2 Å². The van der Waals surface area contributed by atoms with Gasteiger partial charge in [0.25, 0.3) is 5.89 Å². The Morgan fingerprint density at radius 2 is 2.10 bits per heavy atom. The first-order chi connectivity index (χ1) is 9.52. The van der Waals surface area contributed by atoms with Crippen LogP contribution in [0, 0.1) is 6.92 Å². The van der Waals surface area contributed by atoms with E-state index in [-0.39, 0.29) is 11.6 Å². The minimum absolute atomic E-state index is 0.0340. The van der Waals surface area contributed by atoms with Crippen LogP contribution in [0.25, 0.3) is 11.5 Å². The summed E-state index contributed by atoms with van der Waals surface area (Å²) in [6, 6.07) is 6.86. The van der Waals surface area contributed by atoms with Crippen molar-refractivity contribution < 1.29 is 12.9 Å². The van der Waals surface area contributed by atoms with Crippen molar-refractivity contribution in [2.75, 3.05) is 16.4 Å². The van der Waals surface area contributed by atoms with E-state index in [1.807, 2.05) is 0 Å². The number of aromatic nitrogens is 2. The van der Waals surface area contributed by atoms with E-state index in [1.165, 1.54) is 0 Å². The van der Waals surface area contributed by atoms with Crippen LogP contribution < -0.4 is 4.72 Å². The number of hydrogen-bond acceptors (Lipinski definition) is 5. The second kappa shape index (κ2) is 6.23. The third-order valence-corrected chi connectivity index (χ3v) is 4.12. The molecule has 0 aliphatic rings. The van der Waals surface area contributed by atoms with Gasteiger partial charge in [-0.15, -0.1) is 11.6 Å². The normalized spacial score (nSPS) is 11.5. The van der Waals surface area contributed by atoms with Gasteiger partial charge in [-0.25, -0.2) is 8.42 Å². The molecule has 6 nitrogen and oxygen atoms in total. The summed E-state index contributed by atoms with van der Waals surface area (Å²) in [5.74, 6) is 1.02. The molecule has 0 spiro atoms. The molecule has 0 unspecified atom stereocenters. The molecule has 0 bridgehead atoms. The number of benzene rings is 1. The fourth-order valence-corrected chi connectivity index (χ4v) is 3.06. The summed E-state index contributed by atoms with van der Waals surface area (Å²) in [5, 5.41) is 3.70. The van der Waals surface area contributed by atoms with E-state index < -0.39 is 10.0 Å². The molecule has 2 rings (SSSR count). The van der Waals surface area contributed by atoms with Crippen LogP contribution in [-0.2, 0) is 10.0 Å². The molecule has 0 radical (unpaired) electrons. The first kappa shape index (κ1) is 14.8. The molecule has 1 N–H and O–H groups in total. The van der Waals surface area contributed by atoms with Crippen molar-refractivity contribution >= 4 is 27.3 Å². The van der Waals surface area contributed by atoms with Crippen molar-refractivity contribution in [2.24, 2.45) is 0 Å². The van der Waals surface area contributed by atoms with Gasteiger partial charge in [-0.05, 0) is 25.5 Å². The van der Waals surface area contributed by atoms with E-state index in [9.17, 15) is 8.42 Å². The molecule has 0 aliphatic carbocycles. The molecule has 2 aromatic rings. The standard InChI is InChI=1S/C12H14ClN3O3S/c1-9-14-12(19-15-9)10-5-2-3-6-11(10)16-20(17,18)8-4-7-13/h2-3,5-6,16H,4,7-8H2,1H3. The van der Waals surface area contributed by atoms with E-state index >= 15 is 0 Å². The molecule has 20 heavy (non-hydrogen) atoms. The molecule has 0 aliphatic heterocycles. The van der Waals surface area contributed by atoms with Gasteiger partial charge in [0.2, 0.25) is 10.0 Å². The third-order valence-electron chi connectivity index (χ3n) is 2.50. The van der Waals surface area contributed by atoms with E-state index in [0.29, 0.717) is 29.4 Å². The maximum Gasteiger partial charge on any atom is 0.260 e. The van der Waals surface area contributed by atoms with Crippen LogP contribution in [0.4, 0.5) is 5.69 Å². The number of alkyl halides is 1. The van der Waals surface area contributed by atoms with Crippen LogP contribution in [0.3, 0.4) is 0 Å². The zero-order valence-electron chi connectivity index (χ0n) is 10.8. The van der Waals surface area contributed by atoms with Crippen LogP contribution in [0.15, 0.2) is 28.8 Å². The molecule has 0 saturated carbocycles. The smallest absolute Gasteiger partial charge is 0.260 e. The second-order valence-electron chi connectivity index (χ2n) is 4.16. The van der Waals surface area contributed by atoms with Gasteiger partial charge in [-0.1, -0.05) is 17.3 Å². The van der Waals surface area contributed by atoms with Crippen LogP contribution in [-0.4, -0.2) is 30.2 Å². The van der Waals surface area contributed by atoms with Crippen molar-refractivity contribution in [1.29, 1.82) is 0 Å². The second-order valence-corrected chi connectivity index (χ2v) is 6.38. The lowest BCUT2D eigenvalue weighted by atomic mass is 10.2. The zero-order valence-corrected chi connectivity index (χ0v) is 12.4. The maximum atomic E-state index is 11.9. The van der Waals surface area contributed by atoms with Gasteiger partial charge in [-0.3, -0.25) is 4.72 Å². The third kappa shape index (κ3) is 3.71. The Kier molecular flexibility index (Phi) is 4.61. The Balaban J connectivity index is 2.29. The van der Waals surface area contributed by atoms with E-state index in [2.05, 4.69) is 14.9 Å². The highest BCUT2D eigenvalue weighted by atomic mass is 35.5. The van der Waals surface area contributed by atoms with E-state index in [4.69, 9.17) is 16.1 Å². The van der Waals surface area contributed by atoms with Crippen molar-refractivity contribution in [2.45, 2.75) is 13.3 Å². The Bertz CT molecular complexity index is 685. The van der Waals surface area contributed by atoms with Crippen molar-refractivity contribution in [3.63, 3.8) is 0 Å². The fourth-order valence-electron chi connectivity index (χ4n) is 1.63. The number of para-hydroxylation sites is 1. The van der Waals surface area contributed by atoms with Crippen molar-refractivity contribution in [1.82, 2.24) is 10.1 Å². The summed E-state index contributed by atoms with van der Waals surface area (Å²) in [6.07, 6.45) is 0.388. The average Bonchev–Trinajstić information content (AvgIpc) is 2.83. The van der Waals surface area contributed by atoms with Crippen LogP contribution >= 0.6 is 11.6 Å². The molecule has 0 amide bonds. The lowest BCUT2D eigenvalue weighted by Crippen LogP contribution is -2.17. The first-order valence-electron chi connectivity index (χ1n) is 5.98. The number of hydrogen-bond donors (Lipinski definition) is 1. The van der Waals surface area contributed by atoms with E-state index in [0.717, 1.165) is 0 Å². The van der Waals surface area contributed by atoms with E-state index in [1.54, 1.807) is 31.2 Å². The number of aryl methyl sites for hydroxylation is 1. The van der Waals surface area contributed by atoms with Crippen LogP contribution in [0.2, 0.25) is 0 Å². The number of nitrogens with one attached hydrogen (secondary N) is 1. The molecule has 0 atom stereocenters. The van der Waals surface area contributed by atoms with Gasteiger partial charge in [0.1, 0.15) is 0 Å². The Morgan fingerprint density at radius 3 is 2.75 bits per heavy atom. The summed E-state index contributed by atoms with van der Waals surface area (Å²) in [4.78, 5) is 4.10. The lowest BCUT2D eigenvalue weighted by Gasteiger charge is -2.09. The average molecular weight is 316 g/mol. The van der Waals surface area contributed by atoms with Gasteiger partial charge >= 0.3 is 0 Å². The van der Waals surface area contributed by atoms with Gasteiger partial charge in [-0.2, -0.15) is 4.98 Å². The SMILES string of the molecule is Cc1noc(-c2ccccc2NS(=O)(=O)CCCCl)n1. The number of rotatable bonds is 6. The maximum absolute atomic E-state index is 11.9. The molecule has 1 aromatic heterocycles. The predicted molar refractivity (Wildman–Crippen MR) is 77.2 cm³/mol. The molecule has 108 valence electrons. The molecule has 8 heteroatoms. The summed E-state index contributed by atoms with van der Waals surface area (Å²) in [6.45, 7) is 1.69. The fraction of sp³-hybridized carbons (Fsp3) is 0.333. The Labute approximate surface area is 122 Å². The quantitative estimate of drug-likeness (QED) is 0.827. The lowest BCUT2D eigenvalue weighted by molar-refractivity contribution is 0.426. The summed E-state index contributed by atoms with van der Waals surface area (Å²) in [5.41, 5.74) is 0.952. The minimum atomic E-state index is -3.44. The molecule has 0 saturated heterocycles. The summed E-state index contributed by atoms with van der Waals surface area (Å²) >= 11 is 5.51. The Morgan fingerprint density at radius 1 is 1.35 bits per heavy atom. The summed E-state index contributed by atoms with van der Waals surface area (Å²) < 4.78 is 31.4. The van der Waals surface area contributed by atoms with Crippen molar-refractivity contribution in [3.8, 4) is 11.5 Å². The van der Waals surface area contributed by atoms with Gasteiger partial charge in [0.15, 0.2) is 5.82 Å². The zero-order chi connectivity index (χ0) is 14.6. The number of sulfonamides is 1. The highest BCUT2D eigenvalue weighted by Crippen LogP contribution is 2.27. The molecule has 1 heterocycles. The monoisotopic (exact) mass is 315 g/mol. The topological polar surface area (TPSA) is 85.1 Å². The van der Waals surface area contributed by atoms with Gasteiger partial charge in [0, 0.05) is 5.88 Å². The highest BCUT2D eigenvalue weighted by Gasteiger charge is 2.16. The van der Waals surface area contributed by atoms with Gasteiger partial charge in [0.05, 0.1) is 17.0 Å². The number of nitrogens with zero attached hydrogens (tertiary/aromatic N) is 2. The number of anilines is 1. The minimum Gasteiger partial charge on any atom is -0.334 e. The predicted octanol–water partition coefficient (Wildman–Crippen LogP) is 2.42. The molecular weight excluding hydrogens is 302 g/mol. The largest absolute Gasteiger partial charge is 0.334 e.